The summed E-state index contributed by atoms with van der Waals surface area (Å²) < 4.78 is 5.16. The third-order valence-electron chi connectivity index (χ3n) is 3.88. The molecule has 0 aliphatic heterocycles. The molecule has 0 spiro atoms. The minimum absolute atomic E-state index is 0.160. The van der Waals surface area contributed by atoms with Crippen LogP contribution in [0.2, 0.25) is 0 Å². The standard InChI is InChI=1S/C19H15N3O2S/c1-24-13-7-8-16-15(9-13)18(23)22-17(21-16)10-14-11-20-19(25-14)12-5-3-2-4-6-12/h2-9,11H,10H2,1H3,(H,21,22,23). The minimum atomic E-state index is -0.160. The van der Waals surface area contributed by atoms with Gasteiger partial charge in [0.2, 0.25) is 0 Å². The van der Waals surface area contributed by atoms with Gasteiger partial charge in [0, 0.05) is 23.1 Å². The summed E-state index contributed by atoms with van der Waals surface area (Å²) in [5.41, 5.74) is 1.59. The van der Waals surface area contributed by atoms with E-state index in [1.807, 2.05) is 36.5 Å². The smallest absolute Gasteiger partial charge is 0.258 e. The number of rotatable bonds is 4. The number of H-pyrrole nitrogens is 1. The van der Waals surface area contributed by atoms with Crippen LogP contribution >= 0.6 is 11.3 Å². The first kappa shape index (κ1) is 15.5. The topological polar surface area (TPSA) is 67.9 Å². The molecule has 5 nitrogen and oxygen atoms in total. The molecule has 0 bridgehead atoms. The fourth-order valence-electron chi connectivity index (χ4n) is 2.65. The van der Waals surface area contributed by atoms with Crippen LogP contribution < -0.4 is 10.3 Å². The van der Waals surface area contributed by atoms with Gasteiger partial charge in [-0.3, -0.25) is 4.79 Å². The molecule has 2 aromatic heterocycles. The quantitative estimate of drug-likeness (QED) is 0.611. The zero-order chi connectivity index (χ0) is 17.2. The molecule has 0 radical (unpaired) electrons. The van der Waals surface area contributed by atoms with E-state index in [1.54, 1.807) is 36.6 Å². The predicted molar refractivity (Wildman–Crippen MR) is 99.3 cm³/mol. The number of thiazole rings is 1. The summed E-state index contributed by atoms with van der Waals surface area (Å²) in [4.78, 5) is 25.3. The highest BCUT2D eigenvalue weighted by Gasteiger charge is 2.09. The van der Waals surface area contributed by atoms with Crippen LogP contribution in [0.4, 0.5) is 0 Å². The maximum absolute atomic E-state index is 12.3. The molecule has 0 aliphatic carbocycles. The van der Waals surface area contributed by atoms with Crippen LogP contribution in [-0.4, -0.2) is 22.1 Å². The summed E-state index contributed by atoms with van der Waals surface area (Å²) in [6.07, 6.45) is 2.38. The molecule has 2 aromatic carbocycles. The zero-order valence-electron chi connectivity index (χ0n) is 13.5. The fraction of sp³-hybridized carbons (Fsp3) is 0.105. The Kier molecular flexibility index (Phi) is 4.03. The van der Waals surface area contributed by atoms with Gasteiger partial charge < -0.3 is 9.72 Å². The van der Waals surface area contributed by atoms with E-state index in [0.29, 0.717) is 28.9 Å². The molecule has 0 saturated carbocycles. The molecule has 124 valence electrons. The molecule has 0 aliphatic rings. The first-order chi connectivity index (χ1) is 12.2. The van der Waals surface area contributed by atoms with Gasteiger partial charge >= 0.3 is 0 Å². The van der Waals surface area contributed by atoms with Crippen molar-refractivity contribution in [2.45, 2.75) is 6.42 Å². The highest BCUT2D eigenvalue weighted by atomic mass is 32.1. The molecule has 2 heterocycles. The summed E-state index contributed by atoms with van der Waals surface area (Å²) >= 11 is 1.60. The minimum Gasteiger partial charge on any atom is -0.497 e. The Balaban J connectivity index is 1.65. The second kappa shape index (κ2) is 6.49. The van der Waals surface area contributed by atoms with E-state index in [4.69, 9.17) is 4.74 Å². The summed E-state index contributed by atoms with van der Waals surface area (Å²) in [5.74, 6) is 1.27. The molecular weight excluding hydrogens is 334 g/mol. The van der Waals surface area contributed by atoms with Gasteiger partial charge in [0.25, 0.3) is 5.56 Å². The summed E-state index contributed by atoms with van der Waals surface area (Å²) in [5, 5.41) is 1.49. The first-order valence-corrected chi connectivity index (χ1v) is 8.61. The third kappa shape index (κ3) is 3.16. The zero-order valence-corrected chi connectivity index (χ0v) is 14.3. The second-order valence-electron chi connectivity index (χ2n) is 5.57. The molecule has 0 unspecified atom stereocenters. The number of methoxy groups -OCH3 is 1. The number of aromatic amines is 1. The predicted octanol–water partition coefficient (Wildman–Crippen LogP) is 3.65. The van der Waals surface area contributed by atoms with Crippen LogP contribution in [0.25, 0.3) is 21.5 Å². The van der Waals surface area contributed by atoms with Crippen molar-refractivity contribution in [2.24, 2.45) is 0 Å². The molecule has 1 N–H and O–H groups in total. The summed E-state index contributed by atoms with van der Waals surface area (Å²) in [6.45, 7) is 0. The highest BCUT2D eigenvalue weighted by Crippen LogP contribution is 2.26. The maximum atomic E-state index is 12.3. The Hall–Kier alpha value is -2.99. The number of ether oxygens (including phenoxy) is 1. The van der Waals surface area contributed by atoms with Crippen LogP contribution in [-0.2, 0) is 6.42 Å². The third-order valence-corrected chi connectivity index (χ3v) is 4.92. The second-order valence-corrected chi connectivity index (χ2v) is 6.69. The van der Waals surface area contributed by atoms with Gasteiger partial charge in [0.05, 0.1) is 18.0 Å². The average Bonchev–Trinajstić information content (AvgIpc) is 3.11. The number of benzene rings is 2. The Bertz CT molecular complexity index is 1090. The van der Waals surface area contributed by atoms with E-state index in [-0.39, 0.29) is 5.56 Å². The Morgan fingerprint density at radius 2 is 2.00 bits per heavy atom. The van der Waals surface area contributed by atoms with Crippen molar-refractivity contribution in [2.75, 3.05) is 7.11 Å². The average molecular weight is 349 g/mol. The van der Waals surface area contributed by atoms with Gasteiger partial charge in [-0.15, -0.1) is 11.3 Å². The van der Waals surface area contributed by atoms with Crippen molar-refractivity contribution in [1.29, 1.82) is 0 Å². The molecule has 25 heavy (non-hydrogen) atoms. The lowest BCUT2D eigenvalue weighted by atomic mass is 10.2. The number of aromatic nitrogens is 3. The largest absolute Gasteiger partial charge is 0.497 e. The van der Waals surface area contributed by atoms with Crippen molar-refractivity contribution in [3.63, 3.8) is 0 Å². The first-order valence-electron chi connectivity index (χ1n) is 7.80. The van der Waals surface area contributed by atoms with Gasteiger partial charge in [0.15, 0.2) is 0 Å². The van der Waals surface area contributed by atoms with Crippen molar-refractivity contribution >= 4 is 22.2 Å². The summed E-state index contributed by atoms with van der Waals surface area (Å²) in [7, 11) is 1.57. The van der Waals surface area contributed by atoms with Crippen LogP contribution in [0.15, 0.2) is 59.5 Å². The van der Waals surface area contributed by atoms with E-state index in [0.717, 1.165) is 15.4 Å². The lowest BCUT2D eigenvalue weighted by Crippen LogP contribution is -2.12. The van der Waals surface area contributed by atoms with Crippen LogP contribution in [0.5, 0.6) is 5.75 Å². The molecule has 4 aromatic rings. The molecule has 6 heteroatoms. The van der Waals surface area contributed by atoms with Gasteiger partial charge in [-0.05, 0) is 18.2 Å². The SMILES string of the molecule is COc1ccc2nc(Cc3cnc(-c4ccccc4)s3)[nH]c(=O)c2c1. The van der Waals surface area contributed by atoms with Crippen LogP contribution in [0, 0.1) is 0 Å². The Morgan fingerprint density at radius 3 is 2.80 bits per heavy atom. The molecule has 0 fully saturated rings. The van der Waals surface area contributed by atoms with Gasteiger partial charge in [-0.1, -0.05) is 30.3 Å². The van der Waals surface area contributed by atoms with Crippen molar-refractivity contribution in [1.82, 2.24) is 15.0 Å². The van der Waals surface area contributed by atoms with Gasteiger partial charge in [-0.2, -0.15) is 0 Å². The van der Waals surface area contributed by atoms with E-state index >= 15 is 0 Å². The number of nitrogens with zero attached hydrogens (tertiary/aromatic N) is 2. The molecule has 0 saturated heterocycles. The van der Waals surface area contributed by atoms with E-state index in [2.05, 4.69) is 15.0 Å². The maximum Gasteiger partial charge on any atom is 0.258 e. The van der Waals surface area contributed by atoms with Gasteiger partial charge in [0.1, 0.15) is 16.6 Å². The number of hydrogen-bond donors (Lipinski definition) is 1. The lowest BCUT2D eigenvalue weighted by molar-refractivity contribution is 0.415. The van der Waals surface area contributed by atoms with Crippen LogP contribution in [0.3, 0.4) is 0 Å². The van der Waals surface area contributed by atoms with Gasteiger partial charge in [-0.25, -0.2) is 9.97 Å². The number of nitrogens with one attached hydrogen (secondary N) is 1. The normalized spacial score (nSPS) is 10.9. The molecular formula is C19H15N3O2S. The van der Waals surface area contributed by atoms with E-state index in [9.17, 15) is 4.79 Å². The number of hydrogen-bond acceptors (Lipinski definition) is 5. The number of fused-ring (bicyclic) bond motifs is 1. The lowest BCUT2D eigenvalue weighted by Gasteiger charge is -2.04. The van der Waals surface area contributed by atoms with E-state index in [1.165, 1.54) is 0 Å². The molecule has 4 rings (SSSR count). The van der Waals surface area contributed by atoms with Crippen LogP contribution in [0.1, 0.15) is 10.7 Å². The molecule has 0 amide bonds. The van der Waals surface area contributed by atoms with Crippen molar-refractivity contribution < 1.29 is 4.74 Å². The van der Waals surface area contributed by atoms with E-state index < -0.39 is 0 Å². The summed E-state index contributed by atoms with van der Waals surface area (Å²) in [6, 6.07) is 15.3. The molecule has 0 atom stereocenters. The monoisotopic (exact) mass is 349 g/mol. The Morgan fingerprint density at radius 1 is 1.16 bits per heavy atom. The Labute approximate surface area is 148 Å². The highest BCUT2D eigenvalue weighted by molar-refractivity contribution is 7.15. The van der Waals surface area contributed by atoms with Crippen molar-refractivity contribution in [3.8, 4) is 16.3 Å². The van der Waals surface area contributed by atoms with Crippen molar-refractivity contribution in [3.05, 3.63) is 75.8 Å². The fourth-order valence-corrected chi connectivity index (χ4v) is 3.57.